The fourth-order valence-corrected chi connectivity index (χ4v) is 2.54. The van der Waals surface area contributed by atoms with Crippen LogP contribution in [0.2, 0.25) is 0 Å². The minimum atomic E-state index is 0.115. The summed E-state index contributed by atoms with van der Waals surface area (Å²) in [6, 6.07) is 7.54. The van der Waals surface area contributed by atoms with E-state index in [-0.39, 0.29) is 5.91 Å². The number of hydrogen-bond donors (Lipinski definition) is 1. The Bertz CT molecular complexity index is 423. The highest BCUT2D eigenvalue weighted by atomic mass is 16.5. The minimum absolute atomic E-state index is 0.115. The highest BCUT2D eigenvalue weighted by molar-refractivity contribution is 5.90. The number of hydrogen-bond acceptors (Lipinski definition) is 3. The smallest absolute Gasteiger partial charge is 0.224 e. The van der Waals surface area contributed by atoms with Gasteiger partial charge in [-0.25, -0.2) is 0 Å². The van der Waals surface area contributed by atoms with Crippen LogP contribution in [-0.4, -0.2) is 37.6 Å². The Hall–Kier alpha value is -1.55. The van der Waals surface area contributed by atoms with Crippen molar-refractivity contribution in [3.05, 3.63) is 24.3 Å². The molecule has 0 aliphatic carbocycles. The van der Waals surface area contributed by atoms with Crippen LogP contribution in [-0.2, 0) is 4.79 Å². The molecule has 110 valence electrons. The van der Waals surface area contributed by atoms with E-state index < -0.39 is 0 Å². The first kappa shape index (κ1) is 14.9. The summed E-state index contributed by atoms with van der Waals surface area (Å²) in [6.07, 6.45) is 2.86. The average Bonchev–Trinajstić information content (AvgIpc) is 2.44. The summed E-state index contributed by atoms with van der Waals surface area (Å²) in [5, 5.41) is 2.96. The lowest BCUT2D eigenvalue weighted by molar-refractivity contribution is -0.117. The van der Waals surface area contributed by atoms with Gasteiger partial charge >= 0.3 is 0 Å². The predicted molar refractivity (Wildman–Crippen MR) is 81.1 cm³/mol. The molecule has 4 heteroatoms. The van der Waals surface area contributed by atoms with Gasteiger partial charge in [-0.2, -0.15) is 0 Å². The van der Waals surface area contributed by atoms with E-state index in [0.717, 1.165) is 37.4 Å². The van der Waals surface area contributed by atoms with E-state index in [0.29, 0.717) is 18.9 Å². The van der Waals surface area contributed by atoms with E-state index in [1.165, 1.54) is 0 Å². The largest absolute Gasteiger partial charge is 0.494 e. The molecule has 1 aromatic carbocycles. The number of benzene rings is 1. The van der Waals surface area contributed by atoms with Crippen molar-refractivity contribution in [3.63, 3.8) is 0 Å². The zero-order chi connectivity index (χ0) is 14.4. The average molecular weight is 276 g/mol. The van der Waals surface area contributed by atoms with Crippen LogP contribution in [0.25, 0.3) is 0 Å². The second-order valence-corrected chi connectivity index (χ2v) is 5.46. The molecule has 0 atom stereocenters. The van der Waals surface area contributed by atoms with Gasteiger partial charge in [0.2, 0.25) is 5.91 Å². The highest BCUT2D eigenvalue weighted by Crippen LogP contribution is 2.21. The normalized spacial score (nSPS) is 16.9. The molecule has 1 N–H and O–H groups in total. The number of anilines is 1. The van der Waals surface area contributed by atoms with Crippen molar-refractivity contribution in [1.29, 1.82) is 0 Å². The molecule has 0 radical (unpaired) electrons. The highest BCUT2D eigenvalue weighted by Gasteiger charge is 2.19. The standard InChI is InChI=1S/C16H24N2O2/c1-3-20-15-6-4-14(5-7-15)17-16(19)12-13-8-10-18(2)11-9-13/h4-7,13H,3,8-12H2,1-2H3,(H,17,19). The van der Waals surface area contributed by atoms with Crippen molar-refractivity contribution < 1.29 is 9.53 Å². The van der Waals surface area contributed by atoms with Crippen LogP contribution in [0.4, 0.5) is 5.69 Å². The Kier molecular flexibility index (Phi) is 5.41. The molecule has 0 unspecified atom stereocenters. The van der Waals surface area contributed by atoms with Crippen LogP contribution in [0, 0.1) is 5.92 Å². The van der Waals surface area contributed by atoms with E-state index in [9.17, 15) is 4.79 Å². The Morgan fingerprint density at radius 2 is 1.95 bits per heavy atom. The van der Waals surface area contributed by atoms with Crippen molar-refractivity contribution in [2.75, 3.05) is 32.1 Å². The number of amides is 1. The number of rotatable bonds is 5. The number of ether oxygens (including phenoxy) is 1. The number of carbonyl (C=O) groups excluding carboxylic acids is 1. The first-order valence-electron chi connectivity index (χ1n) is 7.38. The lowest BCUT2D eigenvalue weighted by Gasteiger charge is -2.28. The van der Waals surface area contributed by atoms with Crippen LogP contribution >= 0.6 is 0 Å². The van der Waals surface area contributed by atoms with Crippen LogP contribution in [0.3, 0.4) is 0 Å². The maximum atomic E-state index is 12.0. The molecular formula is C16H24N2O2. The third kappa shape index (κ3) is 4.53. The summed E-state index contributed by atoms with van der Waals surface area (Å²) in [5.74, 6) is 1.47. The predicted octanol–water partition coefficient (Wildman–Crippen LogP) is 2.76. The van der Waals surface area contributed by atoms with Crippen molar-refractivity contribution in [1.82, 2.24) is 4.90 Å². The Morgan fingerprint density at radius 1 is 1.30 bits per heavy atom. The molecule has 1 saturated heterocycles. The molecule has 1 aromatic rings. The van der Waals surface area contributed by atoms with Crippen molar-refractivity contribution >= 4 is 11.6 Å². The third-order valence-corrected chi connectivity index (χ3v) is 3.76. The van der Waals surface area contributed by atoms with Gasteiger partial charge in [0.1, 0.15) is 5.75 Å². The van der Waals surface area contributed by atoms with Gasteiger partial charge in [0, 0.05) is 12.1 Å². The van der Waals surface area contributed by atoms with Gasteiger partial charge in [-0.3, -0.25) is 4.79 Å². The van der Waals surface area contributed by atoms with E-state index in [1.54, 1.807) is 0 Å². The van der Waals surface area contributed by atoms with E-state index in [1.807, 2.05) is 31.2 Å². The maximum Gasteiger partial charge on any atom is 0.224 e. The number of nitrogens with zero attached hydrogens (tertiary/aromatic N) is 1. The molecule has 0 saturated carbocycles. The summed E-state index contributed by atoms with van der Waals surface area (Å²) in [4.78, 5) is 14.3. The molecule has 0 bridgehead atoms. The molecule has 2 rings (SSSR count). The third-order valence-electron chi connectivity index (χ3n) is 3.76. The lowest BCUT2D eigenvalue weighted by atomic mass is 9.93. The van der Waals surface area contributed by atoms with E-state index in [2.05, 4.69) is 17.3 Å². The first-order valence-corrected chi connectivity index (χ1v) is 7.38. The van der Waals surface area contributed by atoms with Crippen molar-refractivity contribution in [2.45, 2.75) is 26.2 Å². The number of carbonyl (C=O) groups is 1. The Labute approximate surface area is 121 Å². The van der Waals surface area contributed by atoms with Gasteiger partial charge < -0.3 is 15.0 Å². The van der Waals surface area contributed by atoms with Gasteiger partial charge in [-0.1, -0.05) is 0 Å². The van der Waals surface area contributed by atoms with E-state index >= 15 is 0 Å². The molecule has 4 nitrogen and oxygen atoms in total. The monoisotopic (exact) mass is 276 g/mol. The van der Waals surface area contributed by atoms with Gasteiger partial charge in [0.05, 0.1) is 6.61 Å². The molecule has 1 aliphatic heterocycles. The zero-order valence-corrected chi connectivity index (χ0v) is 12.4. The zero-order valence-electron chi connectivity index (χ0n) is 12.4. The second-order valence-electron chi connectivity index (χ2n) is 5.46. The summed E-state index contributed by atoms with van der Waals surface area (Å²) in [5.41, 5.74) is 0.839. The Morgan fingerprint density at radius 3 is 2.55 bits per heavy atom. The van der Waals surface area contributed by atoms with Crippen molar-refractivity contribution in [3.8, 4) is 5.75 Å². The van der Waals surface area contributed by atoms with Crippen molar-refractivity contribution in [2.24, 2.45) is 5.92 Å². The van der Waals surface area contributed by atoms with Crippen LogP contribution in [0.15, 0.2) is 24.3 Å². The van der Waals surface area contributed by atoms with Gasteiger partial charge in [0.15, 0.2) is 0 Å². The summed E-state index contributed by atoms with van der Waals surface area (Å²) >= 11 is 0. The molecular weight excluding hydrogens is 252 g/mol. The lowest BCUT2D eigenvalue weighted by Crippen LogP contribution is -2.31. The number of piperidine rings is 1. The van der Waals surface area contributed by atoms with Crippen LogP contribution in [0.5, 0.6) is 5.75 Å². The number of likely N-dealkylation sites (tertiary alicyclic amines) is 1. The molecule has 1 aliphatic rings. The fraction of sp³-hybridized carbons (Fsp3) is 0.562. The summed E-state index contributed by atoms with van der Waals surface area (Å²) in [7, 11) is 2.14. The summed E-state index contributed by atoms with van der Waals surface area (Å²) in [6.45, 7) is 4.81. The SMILES string of the molecule is CCOc1ccc(NC(=O)CC2CCN(C)CC2)cc1. The molecule has 1 heterocycles. The topological polar surface area (TPSA) is 41.6 Å². The van der Waals surface area contributed by atoms with Gasteiger partial charge in [0.25, 0.3) is 0 Å². The van der Waals surface area contributed by atoms with Gasteiger partial charge in [-0.05, 0) is 70.1 Å². The van der Waals surface area contributed by atoms with Gasteiger partial charge in [-0.15, -0.1) is 0 Å². The minimum Gasteiger partial charge on any atom is -0.494 e. The molecule has 0 aromatic heterocycles. The summed E-state index contributed by atoms with van der Waals surface area (Å²) < 4.78 is 5.38. The van der Waals surface area contributed by atoms with E-state index in [4.69, 9.17) is 4.74 Å². The van der Waals surface area contributed by atoms with Crippen LogP contribution in [0.1, 0.15) is 26.2 Å². The molecule has 1 fully saturated rings. The fourth-order valence-electron chi connectivity index (χ4n) is 2.54. The Balaban J connectivity index is 1.79. The maximum absolute atomic E-state index is 12.0. The first-order chi connectivity index (χ1) is 9.67. The quantitative estimate of drug-likeness (QED) is 0.899. The van der Waals surface area contributed by atoms with Crippen LogP contribution < -0.4 is 10.1 Å². The molecule has 1 amide bonds. The number of nitrogens with one attached hydrogen (secondary N) is 1. The second kappa shape index (κ2) is 7.29. The molecule has 20 heavy (non-hydrogen) atoms. The molecule has 0 spiro atoms.